The van der Waals surface area contributed by atoms with Crippen LogP contribution in [0.25, 0.3) is 0 Å². The third kappa shape index (κ3) is 2.58. The second kappa shape index (κ2) is 4.08. The van der Waals surface area contributed by atoms with Gasteiger partial charge in [-0.25, -0.2) is 13.5 Å². The Bertz CT molecular complexity index is 265. The van der Waals surface area contributed by atoms with Crippen molar-refractivity contribution in [3.8, 4) is 0 Å². The van der Waals surface area contributed by atoms with E-state index in [1.54, 1.807) is 7.05 Å². The standard InChI is InChI=1S/C5H9F2N5O/c1-12-5(9-10-11-12)8-2-3(13)4(6)7/h3-4,13H,2H2,1H3,(H,8,9,11). The maximum absolute atomic E-state index is 11.8. The predicted molar refractivity (Wildman–Crippen MR) is 39.3 cm³/mol. The normalized spacial score (nSPS) is 13.3. The number of anilines is 1. The molecule has 13 heavy (non-hydrogen) atoms. The second-order valence-electron chi connectivity index (χ2n) is 2.41. The number of hydrogen-bond acceptors (Lipinski definition) is 5. The summed E-state index contributed by atoms with van der Waals surface area (Å²) in [6, 6.07) is 0. The van der Waals surface area contributed by atoms with Crippen LogP contribution in [0.4, 0.5) is 14.7 Å². The van der Waals surface area contributed by atoms with Crippen LogP contribution in [0.1, 0.15) is 0 Å². The first-order chi connectivity index (χ1) is 6.11. The lowest BCUT2D eigenvalue weighted by molar-refractivity contribution is 0.00373. The molecular weight excluding hydrogens is 184 g/mol. The monoisotopic (exact) mass is 193 g/mol. The van der Waals surface area contributed by atoms with Crippen LogP contribution in [0.3, 0.4) is 0 Å². The molecule has 0 saturated carbocycles. The van der Waals surface area contributed by atoms with Crippen molar-refractivity contribution < 1.29 is 13.9 Å². The van der Waals surface area contributed by atoms with Gasteiger partial charge in [0.2, 0.25) is 5.95 Å². The van der Waals surface area contributed by atoms with Gasteiger partial charge in [0.15, 0.2) is 0 Å². The molecule has 8 heteroatoms. The van der Waals surface area contributed by atoms with Gasteiger partial charge in [0.25, 0.3) is 6.43 Å². The van der Waals surface area contributed by atoms with Gasteiger partial charge in [-0.05, 0) is 10.4 Å². The summed E-state index contributed by atoms with van der Waals surface area (Å²) in [6.07, 6.45) is -4.48. The lowest BCUT2D eigenvalue weighted by Gasteiger charge is -2.09. The minimum atomic E-state index is -2.77. The van der Waals surface area contributed by atoms with Crippen molar-refractivity contribution in [3.63, 3.8) is 0 Å². The van der Waals surface area contributed by atoms with Crippen LogP contribution in [-0.2, 0) is 7.05 Å². The van der Waals surface area contributed by atoms with E-state index in [2.05, 4.69) is 20.8 Å². The van der Waals surface area contributed by atoms with Crippen molar-refractivity contribution in [3.05, 3.63) is 0 Å². The summed E-state index contributed by atoms with van der Waals surface area (Å²) in [5.41, 5.74) is 0. The van der Waals surface area contributed by atoms with E-state index in [4.69, 9.17) is 5.11 Å². The van der Waals surface area contributed by atoms with Gasteiger partial charge in [0.05, 0.1) is 0 Å². The minimum Gasteiger partial charge on any atom is -0.385 e. The van der Waals surface area contributed by atoms with Crippen molar-refractivity contribution in [2.75, 3.05) is 11.9 Å². The summed E-state index contributed by atoms with van der Waals surface area (Å²) in [5, 5.41) is 21.4. The van der Waals surface area contributed by atoms with Crippen LogP contribution in [0, 0.1) is 0 Å². The molecule has 0 radical (unpaired) electrons. The van der Waals surface area contributed by atoms with E-state index in [0.29, 0.717) is 0 Å². The number of tetrazole rings is 1. The number of rotatable bonds is 4. The highest BCUT2D eigenvalue weighted by Gasteiger charge is 2.16. The quantitative estimate of drug-likeness (QED) is 0.657. The topological polar surface area (TPSA) is 75.9 Å². The first-order valence-corrected chi connectivity index (χ1v) is 3.53. The number of alkyl halides is 2. The summed E-state index contributed by atoms with van der Waals surface area (Å²) >= 11 is 0. The van der Waals surface area contributed by atoms with Crippen LogP contribution in [0.15, 0.2) is 0 Å². The summed E-state index contributed by atoms with van der Waals surface area (Å²) in [4.78, 5) is 0. The molecule has 0 aromatic carbocycles. The van der Waals surface area contributed by atoms with E-state index < -0.39 is 12.5 Å². The Hall–Kier alpha value is -1.31. The van der Waals surface area contributed by atoms with Crippen LogP contribution < -0.4 is 5.32 Å². The Morgan fingerprint density at radius 2 is 2.31 bits per heavy atom. The van der Waals surface area contributed by atoms with Gasteiger partial charge >= 0.3 is 0 Å². The van der Waals surface area contributed by atoms with Gasteiger partial charge in [-0.2, -0.15) is 0 Å². The average molecular weight is 193 g/mol. The SMILES string of the molecule is Cn1nnnc1NCC(O)C(F)F. The number of hydrogen-bond donors (Lipinski definition) is 2. The summed E-state index contributed by atoms with van der Waals surface area (Å²) in [6.45, 7) is -0.286. The smallest absolute Gasteiger partial charge is 0.265 e. The molecule has 0 aliphatic rings. The molecule has 74 valence electrons. The Kier molecular flexibility index (Phi) is 3.07. The molecule has 1 aromatic rings. The molecule has 0 spiro atoms. The highest BCUT2D eigenvalue weighted by Crippen LogP contribution is 2.02. The third-order valence-electron chi connectivity index (χ3n) is 1.38. The number of nitrogens with zero attached hydrogens (tertiary/aromatic N) is 4. The van der Waals surface area contributed by atoms with Gasteiger partial charge in [-0.15, -0.1) is 0 Å². The van der Waals surface area contributed by atoms with E-state index >= 15 is 0 Å². The summed E-state index contributed by atoms with van der Waals surface area (Å²) < 4.78 is 24.9. The second-order valence-corrected chi connectivity index (χ2v) is 2.41. The number of aliphatic hydroxyl groups is 1. The van der Waals surface area contributed by atoms with Crippen LogP contribution >= 0.6 is 0 Å². The molecule has 1 aromatic heterocycles. The van der Waals surface area contributed by atoms with Crippen molar-refractivity contribution in [2.45, 2.75) is 12.5 Å². The fourth-order valence-electron chi connectivity index (χ4n) is 0.664. The molecule has 1 unspecified atom stereocenters. The van der Waals surface area contributed by atoms with E-state index in [0.717, 1.165) is 0 Å². The fourth-order valence-corrected chi connectivity index (χ4v) is 0.664. The molecule has 0 bridgehead atoms. The first kappa shape index (κ1) is 9.78. The van der Waals surface area contributed by atoms with Crippen LogP contribution in [0.2, 0.25) is 0 Å². The minimum absolute atomic E-state index is 0.236. The Morgan fingerprint density at radius 1 is 1.62 bits per heavy atom. The number of aliphatic hydroxyl groups excluding tert-OH is 1. The third-order valence-corrected chi connectivity index (χ3v) is 1.38. The molecule has 0 fully saturated rings. The molecule has 0 saturated heterocycles. The number of aryl methyl sites for hydroxylation is 1. The van der Waals surface area contributed by atoms with Gasteiger partial charge in [0.1, 0.15) is 6.10 Å². The van der Waals surface area contributed by atoms with Crippen molar-refractivity contribution in [2.24, 2.45) is 7.05 Å². The first-order valence-electron chi connectivity index (χ1n) is 3.53. The largest absolute Gasteiger partial charge is 0.385 e. The molecule has 2 N–H and O–H groups in total. The van der Waals surface area contributed by atoms with E-state index in [-0.39, 0.29) is 12.5 Å². The van der Waals surface area contributed by atoms with Gasteiger partial charge in [-0.1, -0.05) is 5.10 Å². The fraction of sp³-hybridized carbons (Fsp3) is 0.800. The van der Waals surface area contributed by atoms with E-state index in [9.17, 15) is 8.78 Å². The lowest BCUT2D eigenvalue weighted by atomic mass is 10.4. The van der Waals surface area contributed by atoms with E-state index in [1.165, 1.54) is 4.68 Å². The van der Waals surface area contributed by atoms with Crippen LogP contribution in [0.5, 0.6) is 0 Å². The lowest BCUT2D eigenvalue weighted by Crippen LogP contribution is -2.27. The highest BCUT2D eigenvalue weighted by atomic mass is 19.3. The number of aromatic nitrogens is 4. The highest BCUT2D eigenvalue weighted by molar-refractivity contribution is 5.20. The molecule has 1 rings (SSSR count). The molecule has 0 aliphatic heterocycles. The molecular formula is C5H9F2N5O. The average Bonchev–Trinajstić information content (AvgIpc) is 2.47. The zero-order chi connectivity index (χ0) is 9.84. The van der Waals surface area contributed by atoms with Crippen molar-refractivity contribution in [1.82, 2.24) is 20.2 Å². The predicted octanol–water partition coefficient (Wildman–Crippen LogP) is -0.752. The Labute approximate surface area is 72.5 Å². The number of nitrogens with one attached hydrogen (secondary N) is 1. The molecule has 1 heterocycles. The molecule has 6 nitrogen and oxygen atoms in total. The molecule has 0 amide bonds. The summed E-state index contributed by atoms with van der Waals surface area (Å²) in [5.74, 6) is 0.236. The molecule has 1 atom stereocenters. The van der Waals surface area contributed by atoms with Crippen molar-refractivity contribution >= 4 is 5.95 Å². The van der Waals surface area contributed by atoms with Gasteiger partial charge in [0, 0.05) is 13.6 Å². The Balaban J connectivity index is 2.39. The Morgan fingerprint density at radius 3 is 2.77 bits per heavy atom. The maximum Gasteiger partial charge on any atom is 0.265 e. The van der Waals surface area contributed by atoms with E-state index in [1.807, 2.05) is 0 Å². The summed E-state index contributed by atoms with van der Waals surface area (Å²) in [7, 11) is 1.55. The molecule has 0 aliphatic carbocycles. The van der Waals surface area contributed by atoms with Crippen molar-refractivity contribution in [1.29, 1.82) is 0 Å². The van der Waals surface area contributed by atoms with Gasteiger partial charge in [-0.3, -0.25) is 0 Å². The zero-order valence-corrected chi connectivity index (χ0v) is 6.85. The van der Waals surface area contributed by atoms with Crippen LogP contribution in [-0.4, -0.2) is 44.4 Å². The van der Waals surface area contributed by atoms with Gasteiger partial charge < -0.3 is 10.4 Å². The number of halogens is 2. The zero-order valence-electron chi connectivity index (χ0n) is 6.85. The maximum atomic E-state index is 11.8.